The zero-order valence-corrected chi connectivity index (χ0v) is 18.6. The Bertz CT molecular complexity index is 806. The fourth-order valence-corrected chi connectivity index (χ4v) is 5.35. The molecule has 0 atom stereocenters. The molecular weight excluding hydrogens is 380 g/mol. The molecule has 2 saturated heterocycles. The van der Waals surface area contributed by atoms with E-state index in [1.807, 2.05) is 11.3 Å². The maximum atomic E-state index is 12.8. The number of rotatable bonds is 5. The molecule has 2 fully saturated rings. The number of aryl methyl sites for hydroxylation is 1. The summed E-state index contributed by atoms with van der Waals surface area (Å²) in [5.41, 5.74) is 4.03. The monoisotopic (exact) mass is 414 g/mol. The highest BCUT2D eigenvalue weighted by Gasteiger charge is 2.28. The average molecular weight is 415 g/mol. The first kappa shape index (κ1) is 20.4. The predicted molar refractivity (Wildman–Crippen MR) is 119 cm³/mol. The highest BCUT2D eigenvalue weighted by Crippen LogP contribution is 2.23. The van der Waals surface area contributed by atoms with E-state index in [0.29, 0.717) is 12.5 Å². The third-order valence-corrected chi connectivity index (χ3v) is 7.50. The molecular formula is C23H34N4OS+2. The van der Waals surface area contributed by atoms with Crippen LogP contribution in [0, 0.1) is 13.8 Å². The molecule has 29 heavy (non-hydrogen) atoms. The zero-order valence-electron chi connectivity index (χ0n) is 17.7. The Hall–Kier alpha value is -1.89. The number of benzene rings is 1. The Kier molecular flexibility index (Phi) is 6.53. The SMILES string of the molecule is Cc1cccc(N2CCN(C(=O)C[NH+]3CC[NH+](Cc4cccs4)CC3)CC2)c1C. The molecule has 6 heteroatoms. The molecule has 1 amide bonds. The van der Waals surface area contributed by atoms with Crippen molar-refractivity contribution < 1.29 is 14.6 Å². The minimum Gasteiger partial charge on any atom is -0.368 e. The molecule has 2 N–H and O–H groups in total. The lowest BCUT2D eigenvalue weighted by Gasteiger charge is -2.37. The number of hydrogen-bond acceptors (Lipinski definition) is 3. The van der Waals surface area contributed by atoms with Gasteiger partial charge in [-0.15, -0.1) is 11.3 Å². The first-order valence-electron chi connectivity index (χ1n) is 10.9. The van der Waals surface area contributed by atoms with Gasteiger partial charge in [0, 0.05) is 31.9 Å². The van der Waals surface area contributed by atoms with E-state index < -0.39 is 0 Å². The number of amides is 1. The first-order chi connectivity index (χ1) is 14.1. The Morgan fingerprint density at radius 3 is 2.38 bits per heavy atom. The highest BCUT2D eigenvalue weighted by molar-refractivity contribution is 7.09. The van der Waals surface area contributed by atoms with Gasteiger partial charge in [0.2, 0.25) is 0 Å². The molecule has 0 unspecified atom stereocenters. The number of quaternary nitrogens is 2. The maximum absolute atomic E-state index is 12.8. The van der Waals surface area contributed by atoms with Gasteiger partial charge >= 0.3 is 0 Å². The third-order valence-electron chi connectivity index (χ3n) is 6.62. The topological polar surface area (TPSA) is 32.4 Å². The number of hydrogen-bond donors (Lipinski definition) is 2. The van der Waals surface area contributed by atoms with Crippen molar-refractivity contribution in [3.05, 3.63) is 51.7 Å². The van der Waals surface area contributed by atoms with E-state index in [4.69, 9.17) is 0 Å². The molecule has 2 aliphatic rings. The molecule has 2 aliphatic heterocycles. The van der Waals surface area contributed by atoms with Crippen molar-refractivity contribution in [2.75, 3.05) is 63.8 Å². The molecule has 5 nitrogen and oxygen atoms in total. The van der Waals surface area contributed by atoms with Crippen LogP contribution >= 0.6 is 11.3 Å². The van der Waals surface area contributed by atoms with Crippen LogP contribution in [0.15, 0.2) is 35.7 Å². The minimum atomic E-state index is 0.335. The Labute approximate surface area is 178 Å². The molecule has 156 valence electrons. The van der Waals surface area contributed by atoms with Gasteiger partial charge in [0.1, 0.15) is 32.7 Å². The summed E-state index contributed by atoms with van der Waals surface area (Å²) >= 11 is 1.85. The molecule has 1 aromatic heterocycles. The summed E-state index contributed by atoms with van der Waals surface area (Å²) in [4.78, 5) is 22.0. The fraction of sp³-hybridized carbons (Fsp3) is 0.522. The van der Waals surface area contributed by atoms with Crippen LogP contribution in [0.5, 0.6) is 0 Å². The van der Waals surface area contributed by atoms with E-state index in [-0.39, 0.29) is 0 Å². The Balaban J connectivity index is 1.22. The second kappa shape index (κ2) is 9.28. The number of nitrogens with zero attached hydrogens (tertiary/aromatic N) is 2. The molecule has 1 aromatic carbocycles. The van der Waals surface area contributed by atoms with Gasteiger partial charge in [-0.3, -0.25) is 4.79 Å². The molecule has 0 saturated carbocycles. The van der Waals surface area contributed by atoms with Crippen molar-refractivity contribution >= 4 is 22.9 Å². The van der Waals surface area contributed by atoms with Gasteiger partial charge in [0.25, 0.3) is 5.91 Å². The molecule has 0 spiro atoms. The molecule has 0 aliphatic carbocycles. The number of carbonyl (C=O) groups excluding carboxylic acids is 1. The van der Waals surface area contributed by atoms with Gasteiger partial charge < -0.3 is 19.6 Å². The summed E-state index contributed by atoms with van der Waals surface area (Å²) in [6, 6.07) is 10.9. The van der Waals surface area contributed by atoms with E-state index in [1.165, 1.54) is 39.7 Å². The number of piperazine rings is 2. The largest absolute Gasteiger partial charge is 0.368 e. The van der Waals surface area contributed by atoms with E-state index in [1.54, 1.807) is 4.90 Å². The van der Waals surface area contributed by atoms with Crippen LogP contribution in [0.25, 0.3) is 0 Å². The number of nitrogens with one attached hydrogen (secondary N) is 2. The van der Waals surface area contributed by atoms with Gasteiger partial charge in [-0.1, -0.05) is 18.2 Å². The van der Waals surface area contributed by atoms with Crippen LogP contribution in [-0.2, 0) is 11.3 Å². The second-order valence-corrected chi connectivity index (χ2v) is 9.55. The van der Waals surface area contributed by atoms with E-state index >= 15 is 0 Å². The summed E-state index contributed by atoms with van der Waals surface area (Å²) in [5, 5.41) is 2.16. The van der Waals surface area contributed by atoms with Gasteiger partial charge in [-0.25, -0.2) is 0 Å². The summed E-state index contributed by atoms with van der Waals surface area (Å²) in [6.45, 7) is 14.3. The van der Waals surface area contributed by atoms with Crippen molar-refractivity contribution in [1.82, 2.24) is 4.90 Å². The standard InChI is InChI=1S/C23H32N4OS/c1-19-5-3-7-22(20(19)2)26-12-14-27(15-13-26)23(28)18-25-10-8-24(9-11-25)17-21-6-4-16-29-21/h3-7,16H,8-15,17-18H2,1-2H3/p+2. The quantitative estimate of drug-likeness (QED) is 0.722. The van der Waals surface area contributed by atoms with Crippen molar-refractivity contribution in [3.63, 3.8) is 0 Å². The smallest absolute Gasteiger partial charge is 0.277 e. The van der Waals surface area contributed by atoms with Crippen LogP contribution in [0.3, 0.4) is 0 Å². The Morgan fingerprint density at radius 1 is 0.966 bits per heavy atom. The Morgan fingerprint density at radius 2 is 1.69 bits per heavy atom. The zero-order chi connectivity index (χ0) is 20.2. The second-order valence-electron chi connectivity index (χ2n) is 8.52. The van der Waals surface area contributed by atoms with Crippen LogP contribution < -0.4 is 14.7 Å². The maximum Gasteiger partial charge on any atom is 0.277 e. The summed E-state index contributed by atoms with van der Waals surface area (Å²) in [5.74, 6) is 0.335. The molecule has 3 heterocycles. The summed E-state index contributed by atoms with van der Waals surface area (Å²) < 4.78 is 0. The number of carbonyl (C=O) groups is 1. The van der Waals surface area contributed by atoms with Gasteiger partial charge in [-0.2, -0.15) is 0 Å². The van der Waals surface area contributed by atoms with E-state index in [2.05, 4.69) is 59.4 Å². The average Bonchev–Trinajstić information content (AvgIpc) is 3.25. The van der Waals surface area contributed by atoms with Crippen LogP contribution in [0.1, 0.15) is 16.0 Å². The van der Waals surface area contributed by atoms with Crippen molar-refractivity contribution in [2.45, 2.75) is 20.4 Å². The van der Waals surface area contributed by atoms with Crippen molar-refractivity contribution in [1.29, 1.82) is 0 Å². The van der Waals surface area contributed by atoms with E-state index in [9.17, 15) is 4.79 Å². The lowest BCUT2D eigenvalue weighted by molar-refractivity contribution is -1.02. The van der Waals surface area contributed by atoms with E-state index in [0.717, 1.165) is 45.8 Å². The van der Waals surface area contributed by atoms with Crippen molar-refractivity contribution in [3.8, 4) is 0 Å². The number of anilines is 1. The van der Waals surface area contributed by atoms with Crippen LogP contribution in [0.4, 0.5) is 5.69 Å². The minimum absolute atomic E-state index is 0.335. The normalized spacial score (nSPS) is 22.7. The first-order valence-corrected chi connectivity index (χ1v) is 11.8. The lowest BCUT2D eigenvalue weighted by Crippen LogP contribution is -3.28. The van der Waals surface area contributed by atoms with Crippen molar-refractivity contribution in [2.24, 2.45) is 0 Å². The predicted octanol–water partition coefficient (Wildman–Crippen LogP) is -0.00286. The lowest BCUT2D eigenvalue weighted by atomic mass is 10.1. The van der Waals surface area contributed by atoms with Gasteiger partial charge in [0.05, 0.1) is 4.88 Å². The van der Waals surface area contributed by atoms with Crippen LogP contribution in [-0.4, -0.2) is 69.7 Å². The molecule has 2 aromatic rings. The fourth-order valence-electron chi connectivity index (χ4n) is 4.57. The third kappa shape index (κ3) is 5.00. The summed E-state index contributed by atoms with van der Waals surface area (Å²) in [6.07, 6.45) is 0. The molecule has 4 rings (SSSR count). The van der Waals surface area contributed by atoms with Crippen LogP contribution in [0.2, 0.25) is 0 Å². The molecule has 0 bridgehead atoms. The molecule has 0 radical (unpaired) electrons. The van der Waals surface area contributed by atoms with Gasteiger partial charge in [-0.05, 0) is 42.5 Å². The van der Waals surface area contributed by atoms with Gasteiger partial charge in [0.15, 0.2) is 6.54 Å². The summed E-state index contributed by atoms with van der Waals surface area (Å²) in [7, 11) is 0. The highest BCUT2D eigenvalue weighted by atomic mass is 32.1. The number of thiophene rings is 1.